The maximum atomic E-state index is 11.3. The Morgan fingerprint density at radius 3 is 2.75 bits per heavy atom. The average Bonchev–Trinajstić information content (AvgIpc) is 3.08. The van der Waals surface area contributed by atoms with Crippen LogP contribution in [0.3, 0.4) is 0 Å². The highest BCUT2D eigenvalue weighted by Crippen LogP contribution is 2.45. The van der Waals surface area contributed by atoms with E-state index in [-0.39, 0.29) is 11.9 Å². The van der Waals surface area contributed by atoms with E-state index >= 15 is 0 Å². The number of carbonyl (C=O) groups is 1. The van der Waals surface area contributed by atoms with Crippen molar-refractivity contribution in [2.24, 2.45) is 11.8 Å². The second kappa shape index (κ2) is 4.69. The van der Waals surface area contributed by atoms with Crippen LogP contribution in [0, 0.1) is 11.8 Å². The van der Waals surface area contributed by atoms with E-state index < -0.39 is 0 Å². The lowest BCUT2D eigenvalue weighted by Crippen LogP contribution is -2.05. The van der Waals surface area contributed by atoms with Crippen LogP contribution in [0.1, 0.15) is 31.2 Å². The summed E-state index contributed by atoms with van der Waals surface area (Å²) in [6, 6.07) is 10.5. The molecule has 1 aliphatic rings. The summed E-state index contributed by atoms with van der Waals surface area (Å²) in [5, 5.41) is 0. The van der Waals surface area contributed by atoms with Gasteiger partial charge < -0.3 is 4.74 Å². The van der Waals surface area contributed by atoms with Gasteiger partial charge in [0.25, 0.3) is 0 Å². The lowest BCUT2D eigenvalue weighted by Gasteiger charge is -2.10. The minimum Gasteiger partial charge on any atom is -0.469 e. The van der Waals surface area contributed by atoms with E-state index in [1.807, 2.05) is 6.07 Å². The molecule has 1 aliphatic carbocycles. The van der Waals surface area contributed by atoms with Gasteiger partial charge in [0.15, 0.2) is 0 Å². The highest BCUT2D eigenvalue weighted by Gasteiger charge is 2.44. The summed E-state index contributed by atoms with van der Waals surface area (Å²) >= 11 is 0. The van der Waals surface area contributed by atoms with E-state index in [0.717, 1.165) is 12.8 Å². The van der Waals surface area contributed by atoms with Gasteiger partial charge in [0.2, 0.25) is 0 Å². The Labute approximate surface area is 96.6 Å². The van der Waals surface area contributed by atoms with Gasteiger partial charge in [0.1, 0.15) is 0 Å². The summed E-state index contributed by atoms with van der Waals surface area (Å²) in [6.45, 7) is 2.22. The molecule has 2 heteroatoms. The van der Waals surface area contributed by atoms with Crippen molar-refractivity contribution in [1.82, 2.24) is 0 Å². The minimum absolute atomic E-state index is 0.0368. The second-order valence-corrected chi connectivity index (χ2v) is 4.67. The molecule has 0 saturated heterocycles. The monoisotopic (exact) mass is 218 g/mol. The molecule has 1 aromatic carbocycles. The van der Waals surface area contributed by atoms with Crippen LogP contribution in [0.25, 0.3) is 0 Å². The maximum Gasteiger partial charge on any atom is 0.308 e. The van der Waals surface area contributed by atoms with Crippen molar-refractivity contribution in [3.8, 4) is 0 Å². The van der Waals surface area contributed by atoms with E-state index in [2.05, 4.69) is 31.2 Å². The fraction of sp³-hybridized carbons (Fsp3) is 0.500. The van der Waals surface area contributed by atoms with Crippen molar-refractivity contribution in [2.45, 2.75) is 25.7 Å². The van der Waals surface area contributed by atoms with Crippen LogP contribution in [0.2, 0.25) is 0 Å². The van der Waals surface area contributed by atoms with Crippen molar-refractivity contribution in [3.05, 3.63) is 35.9 Å². The number of carbonyl (C=O) groups excluding carboxylic acids is 1. The molecule has 1 fully saturated rings. The number of benzene rings is 1. The van der Waals surface area contributed by atoms with Crippen molar-refractivity contribution < 1.29 is 9.53 Å². The van der Waals surface area contributed by atoms with Gasteiger partial charge in [-0.1, -0.05) is 37.3 Å². The Hall–Kier alpha value is -1.31. The third-order valence-electron chi connectivity index (χ3n) is 3.45. The number of ether oxygens (including phenoxy) is 1. The first-order chi connectivity index (χ1) is 7.72. The van der Waals surface area contributed by atoms with Gasteiger partial charge in [-0.15, -0.1) is 0 Å². The van der Waals surface area contributed by atoms with E-state index in [4.69, 9.17) is 4.74 Å². The van der Waals surface area contributed by atoms with Gasteiger partial charge in [0, 0.05) is 0 Å². The van der Waals surface area contributed by atoms with Gasteiger partial charge in [-0.2, -0.15) is 0 Å². The Balaban J connectivity index is 1.86. The first kappa shape index (κ1) is 11.2. The molecule has 0 amide bonds. The van der Waals surface area contributed by atoms with Crippen LogP contribution in [0.5, 0.6) is 0 Å². The molecule has 16 heavy (non-hydrogen) atoms. The SMILES string of the molecule is COC(=O)C1CC1CC(C)c1ccccc1. The summed E-state index contributed by atoms with van der Waals surface area (Å²) < 4.78 is 4.75. The molecule has 3 unspecified atom stereocenters. The van der Waals surface area contributed by atoms with Gasteiger partial charge in [-0.3, -0.25) is 4.79 Å². The second-order valence-electron chi connectivity index (χ2n) is 4.67. The van der Waals surface area contributed by atoms with Gasteiger partial charge >= 0.3 is 5.97 Å². The number of hydrogen-bond donors (Lipinski definition) is 0. The summed E-state index contributed by atoms with van der Waals surface area (Å²) in [4.78, 5) is 11.3. The van der Waals surface area contributed by atoms with Crippen LogP contribution in [-0.2, 0) is 9.53 Å². The molecular formula is C14H18O2. The molecule has 1 saturated carbocycles. The minimum atomic E-state index is -0.0368. The van der Waals surface area contributed by atoms with Crippen molar-refractivity contribution in [3.63, 3.8) is 0 Å². The molecule has 86 valence electrons. The molecule has 0 spiro atoms. The van der Waals surface area contributed by atoms with Gasteiger partial charge in [-0.25, -0.2) is 0 Å². The average molecular weight is 218 g/mol. The number of rotatable bonds is 4. The molecule has 2 nitrogen and oxygen atoms in total. The van der Waals surface area contributed by atoms with Crippen molar-refractivity contribution >= 4 is 5.97 Å². The largest absolute Gasteiger partial charge is 0.469 e. The summed E-state index contributed by atoms with van der Waals surface area (Å²) in [5.74, 6) is 1.19. The molecule has 0 aliphatic heterocycles. The predicted octanol–water partition coefficient (Wildman–Crippen LogP) is 2.99. The Morgan fingerprint density at radius 1 is 1.44 bits per heavy atom. The fourth-order valence-corrected chi connectivity index (χ4v) is 2.32. The quantitative estimate of drug-likeness (QED) is 0.726. The molecule has 1 aromatic rings. The zero-order valence-corrected chi connectivity index (χ0v) is 9.85. The van der Waals surface area contributed by atoms with Crippen LogP contribution in [0.15, 0.2) is 30.3 Å². The number of methoxy groups -OCH3 is 1. The molecule has 0 aromatic heterocycles. The first-order valence-corrected chi connectivity index (χ1v) is 5.85. The van der Waals surface area contributed by atoms with E-state index in [1.165, 1.54) is 12.7 Å². The molecular weight excluding hydrogens is 200 g/mol. The Bertz CT molecular complexity index is 358. The smallest absolute Gasteiger partial charge is 0.308 e. The summed E-state index contributed by atoms with van der Waals surface area (Å²) in [6.07, 6.45) is 2.09. The van der Waals surface area contributed by atoms with E-state index in [9.17, 15) is 4.79 Å². The molecule has 3 atom stereocenters. The fourth-order valence-electron chi connectivity index (χ4n) is 2.32. The molecule has 0 radical (unpaired) electrons. The van der Waals surface area contributed by atoms with Crippen molar-refractivity contribution in [2.75, 3.05) is 7.11 Å². The van der Waals surface area contributed by atoms with Crippen LogP contribution >= 0.6 is 0 Å². The van der Waals surface area contributed by atoms with Crippen LogP contribution in [-0.4, -0.2) is 13.1 Å². The first-order valence-electron chi connectivity index (χ1n) is 5.85. The van der Waals surface area contributed by atoms with E-state index in [0.29, 0.717) is 11.8 Å². The topological polar surface area (TPSA) is 26.3 Å². The number of hydrogen-bond acceptors (Lipinski definition) is 2. The summed E-state index contributed by atoms with van der Waals surface area (Å²) in [5.41, 5.74) is 1.36. The molecule has 2 rings (SSSR count). The zero-order chi connectivity index (χ0) is 11.5. The maximum absolute atomic E-state index is 11.3. The Morgan fingerprint density at radius 2 is 2.12 bits per heavy atom. The lowest BCUT2D eigenvalue weighted by molar-refractivity contribution is -0.142. The van der Waals surface area contributed by atoms with Crippen LogP contribution < -0.4 is 0 Å². The molecule has 0 N–H and O–H groups in total. The zero-order valence-electron chi connectivity index (χ0n) is 9.85. The predicted molar refractivity (Wildman–Crippen MR) is 63.1 cm³/mol. The highest BCUT2D eigenvalue weighted by molar-refractivity contribution is 5.75. The standard InChI is InChI=1S/C14H18O2/c1-10(11-6-4-3-5-7-11)8-12-9-13(12)14(15)16-2/h3-7,10,12-13H,8-9H2,1-2H3. The van der Waals surface area contributed by atoms with Gasteiger partial charge in [0.05, 0.1) is 13.0 Å². The van der Waals surface area contributed by atoms with Crippen LogP contribution in [0.4, 0.5) is 0 Å². The third-order valence-corrected chi connectivity index (χ3v) is 3.45. The normalized spacial score (nSPS) is 24.9. The third kappa shape index (κ3) is 2.43. The van der Waals surface area contributed by atoms with Crippen molar-refractivity contribution in [1.29, 1.82) is 0 Å². The van der Waals surface area contributed by atoms with Gasteiger partial charge in [-0.05, 0) is 30.2 Å². The highest BCUT2D eigenvalue weighted by atomic mass is 16.5. The molecule has 0 heterocycles. The lowest BCUT2D eigenvalue weighted by atomic mass is 9.95. The Kier molecular flexibility index (Phi) is 3.28. The summed E-state index contributed by atoms with van der Waals surface area (Å²) in [7, 11) is 1.47. The molecule has 0 bridgehead atoms. The van der Waals surface area contributed by atoms with E-state index in [1.54, 1.807) is 0 Å². The number of esters is 1.